The fraction of sp³-hybridized carbons (Fsp3) is 0. The lowest BCUT2D eigenvalue weighted by Gasteiger charge is -2.10. The Morgan fingerprint density at radius 1 is 0.543 bits per heavy atom. The second-order valence-electron chi connectivity index (χ2n) is 8.66. The van der Waals surface area contributed by atoms with Gasteiger partial charge in [0.1, 0.15) is 5.52 Å². The Morgan fingerprint density at radius 3 is 2.11 bits per heavy atom. The summed E-state index contributed by atoms with van der Waals surface area (Å²) < 4.78 is 6.34. The van der Waals surface area contributed by atoms with Gasteiger partial charge in [0.05, 0.1) is 5.69 Å². The number of hydrogen-bond acceptors (Lipinski definition) is 3. The van der Waals surface area contributed by atoms with Crippen LogP contribution in [0.4, 0.5) is 0 Å². The Bertz CT molecular complexity index is 1840. The van der Waals surface area contributed by atoms with E-state index in [4.69, 9.17) is 14.4 Å². The SMILES string of the molecule is c1ccc(-c2nc3cc(-c4nccc5c4ccc4ccccc45)cc(-c4ccccc4)c3o2)cc1. The van der Waals surface area contributed by atoms with Crippen LogP contribution < -0.4 is 0 Å². The zero-order chi connectivity index (χ0) is 23.2. The van der Waals surface area contributed by atoms with Crippen LogP contribution in [0.25, 0.3) is 66.5 Å². The summed E-state index contributed by atoms with van der Waals surface area (Å²) in [5, 5.41) is 4.77. The van der Waals surface area contributed by atoms with Crippen molar-refractivity contribution in [3.05, 3.63) is 121 Å². The highest BCUT2D eigenvalue weighted by atomic mass is 16.3. The molecule has 2 aromatic heterocycles. The molecule has 0 saturated heterocycles. The van der Waals surface area contributed by atoms with Gasteiger partial charge in [0, 0.05) is 28.3 Å². The van der Waals surface area contributed by atoms with Crippen LogP contribution in [0.1, 0.15) is 0 Å². The summed E-state index contributed by atoms with van der Waals surface area (Å²) in [6.45, 7) is 0. The van der Waals surface area contributed by atoms with Crippen molar-refractivity contribution >= 4 is 32.6 Å². The standard InChI is InChI=1S/C32H20N2O/c1-3-9-21(10-4-1)28-19-24(20-29-31(28)35-32(34-29)23-12-5-2-6-13-23)30-27-16-15-22-11-7-8-14-25(22)26(27)17-18-33-30/h1-20H. The van der Waals surface area contributed by atoms with E-state index in [0.29, 0.717) is 5.89 Å². The molecule has 2 heterocycles. The van der Waals surface area contributed by atoms with Crippen molar-refractivity contribution in [1.82, 2.24) is 9.97 Å². The van der Waals surface area contributed by atoms with E-state index in [2.05, 4.69) is 66.7 Å². The number of rotatable bonds is 3. The fourth-order valence-electron chi connectivity index (χ4n) is 4.87. The van der Waals surface area contributed by atoms with Gasteiger partial charge < -0.3 is 4.42 Å². The molecule has 0 spiro atoms. The smallest absolute Gasteiger partial charge is 0.227 e. The van der Waals surface area contributed by atoms with Crippen LogP contribution in [0.3, 0.4) is 0 Å². The number of fused-ring (bicyclic) bond motifs is 4. The first-order valence-corrected chi connectivity index (χ1v) is 11.7. The van der Waals surface area contributed by atoms with E-state index in [9.17, 15) is 0 Å². The largest absolute Gasteiger partial charge is 0.435 e. The Labute approximate surface area is 202 Å². The van der Waals surface area contributed by atoms with E-state index in [0.717, 1.165) is 44.4 Å². The van der Waals surface area contributed by atoms with Crippen molar-refractivity contribution in [3.63, 3.8) is 0 Å². The number of nitrogens with zero attached hydrogens (tertiary/aromatic N) is 2. The lowest BCUT2D eigenvalue weighted by atomic mass is 9.96. The van der Waals surface area contributed by atoms with E-state index in [1.807, 2.05) is 54.7 Å². The minimum absolute atomic E-state index is 0.617. The number of aromatic nitrogens is 2. The Kier molecular flexibility index (Phi) is 4.46. The molecule has 0 amide bonds. The molecule has 3 heteroatoms. The maximum atomic E-state index is 6.34. The van der Waals surface area contributed by atoms with Crippen LogP contribution in [-0.2, 0) is 0 Å². The summed E-state index contributed by atoms with van der Waals surface area (Å²) in [7, 11) is 0. The van der Waals surface area contributed by atoms with E-state index in [-0.39, 0.29) is 0 Å². The predicted molar refractivity (Wildman–Crippen MR) is 143 cm³/mol. The molecule has 0 aliphatic carbocycles. The summed E-state index contributed by atoms with van der Waals surface area (Å²) >= 11 is 0. The molecule has 7 aromatic rings. The molecule has 5 aromatic carbocycles. The van der Waals surface area contributed by atoms with Gasteiger partial charge in [0.15, 0.2) is 5.58 Å². The molecule has 7 rings (SSSR count). The summed E-state index contributed by atoms with van der Waals surface area (Å²) in [5.41, 5.74) is 6.61. The zero-order valence-corrected chi connectivity index (χ0v) is 18.8. The van der Waals surface area contributed by atoms with E-state index < -0.39 is 0 Å². The predicted octanol–water partition coefficient (Wildman–Crippen LogP) is 8.53. The molecule has 0 aliphatic rings. The monoisotopic (exact) mass is 448 g/mol. The molecule has 3 nitrogen and oxygen atoms in total. The molecule has 0 unspecified atom stereocenters. The molecular formula is C32H20N2O. The molecule has 164 valence electrons. The molecule has 0 bridgehead atoms. The summed E-state index contributed by atoms with van der Waals surface area (Å²) in [5.74, 6) is 0.617. The van der Waals surface area contributed by atoms with Gasteiger partial charge in [-0.15, -0.1) is 0 Å². The second-order valence-corrected chi connectivity index (χ2v) is 8.66. The normalized spacial score (nSPS) is 11.4. The minimum atomic E-state index is 0.617. The molecule has 0 saturated carbocycles. The fourth-order valence-corrected chi connectivity index (χ4v) is 4.87. The average Bonchev–Trinajstić information content (AvgIpc) is 3.37. The molecule has 0 radical (unpaired) electrons. The Hall–Kier alpha value is -4.76. The zero-order valence-electron chi connectivity index (χ0n) is 18.8. The van der Waals surface area contributed by atoms with Gasteiger partial charge in [0.25, 0.3) is 0 Å². The molecule has 0 aliphatic heterocycles. The summed E-state index contributed by atoms with van der Waals surface area (Å²) in [4.78, 5) is 9.72. The molecule has 0 fully saturated rings. The lowest BCUT2D eigenvalue weighted by molar-refractivity contribution is 0.621. The van der Waals surface area contributed by atoms with Crippen LogP contribution in [0.2, 0.25) is 0 Å². The van der Waals surface area contributed by atoms with Crippen molar-refractivity contribution in [2.24, 2.45) is 0 Å². The van der Waals surface area contributed by atoms with Gasteiger partial charge in [-0.2, -0.15) is 0 Å². The molecule has 0 N–H and O–H groups in total. The van der Waals surface area contributed by atoms with E-state index >= 15 is 0 Å². The van der Waals surface area contributed by atoms with Gasteiger partial charge in [-0.1, -0.05) is 84.9 Å². The van der Waals surface area contributed by atoms with Gasteiger partial charge in [-0.25, -0.2) is 4.98 Å². The molecular weight excluding hydrogens is 428 g/mol. The summed E-state index contributed by atoms with van der Waals surface area (Å²) in [6.07, 6.45) is 1.90. The highest BCUT2D eigenvalue weighted by Gasteiger charge is 2.17. The molecule has 35 heavy (non-hydrogen) atoms. The second kappa shape index (κ2) is 7.93. The van der Waals surface area contributed by atoms with Crippen LogP contribution in [0, 0.1) is 0 Å². The first-order chi connectivity index (χ1) is 17.3. The topological polar surface area (TPSA) is 38.9 Å². The van der Waals surface area contributed by atoms with E-state index in [1.54, 1.807) is 0 Å². The lowest BCUT2D eigenvalue weighted by Crippen LogP contribution is -1.89. The quantitative estimate of drug-likeness (QED) is 0.254. The Morgan fingerprint density at radius 2 is 1.29 bits per heavy atom. The highest BCUT2D eigenvalue weighted by molar-refractivity contribution is 6.11. The number of pyridine rings is 1. The van der Waals surface area contributed by atoms with Crippen molar-refractivity contribution < 1.29 is 4.42 Å². The van der Waals surface area contributed by atoms with Crippen LogP contribution in [0.5, 0.6) is 0 Å². The van der Waals surface area contributed by atoms with Gasteiger partial charge in [-0.3, -0.25) is 4.98 Å². The molecule has 0 atom stereocenters. The maximum Gasteiger partial charge on any atom is 0.227 e. The summed E-state index contributed by atoms with van der Waals surface area (Å²) in [6, 6.07) is 39.5. The van der Waals surface area contributed by atoms with E-state index in [1.165, 1.54) is 16.2 Å². The number of benzene rings is 5. The van der Waals surface area contributed by atoms with Crippen molar-refractivity contribution in [1.29, 1.82) is 0 Å². The van der Waals surface area contributed by atoms with Crippen molar-refractivity contribution in [2.75, 3.05) is 0 Å². The van der Waals surface area contributed by atoms with Crippen LogP contribution >= 0.6 is 0 Å². The number of oxazole rings is 1. The van der Waals surface area contributed by atoms with Crippen LogP contribution in [0.15, 0.2) is 126 Å². The third kappa shape index (κ3) is 3.29. The van der Waals surface area contributed by atoms with Crippen molar-refractivity contribution in [2.45, 2.75) is 0 Å². The Balaban J connectivity index is 1.52. The third-order valence-electron chi connectivity index (χ3n) is 6.54. The minimum Gasteiger partial charge on any atom is -0.435 e. The van der Waals surface area contributed by atoms with Gasteiger partial charge in [-0.05, 0) is 52.1 Å². The van der Waals surface area contributed by atoms with Gasteiger partial charge >= 0.3 is 0 Å². The number of hydrogen-bond donors (Lipinski definition) is 0. The average molecular weight is 449 g/mol. The van der Waals surface area contributed by atoms with Gasteiger partial charge in [0.2, 0.25) is 5.89 Å². The van der Waals surface area contributed by atoms with Crippen molar-refractivity contribution in [3.8, 4) is 33.8 Å². The van der Waals surface area contributed by atoms with Crippen LogP contribution in [-0.4, -0.2) is 9.97 Å². The third-order valence-corrected chi connectivity index (χ3v) is 6.54. The maximum absolute atomic E-state index is 6.34. The first kappa shape index (κ1) is 19.7. The highest BCUT2D eigenvalue weighted by Crippen LogP contribution is 2.38. The first-order valence-electron chi connectivity index (χ1n) is 11.7.